The van der Waals surface area contributed by atoms with E-state index >= 15 is 0 Å². The first kappa shape index (κ1) is 10.7. The van der Waals surface area contributed by atoms with E-state index in [4.69, 9.17) is 11.6 Å². The Balaban J connectivity index is 1.71. The number of hydrogen-bond acceptors (Lipinski definition) is 4. The van der Waals surface area contributed by atoms with Crippen LogP contribution in [0.5, 0.6) is 0 Å². The van der Waals surface area contributed by atoms with Crippen molar-refractivity contribution in [1.29, 1.82) is 0 Å². The summed E-state index contributed by atoms with van der Waals surface area (Å²) in [6, 6.07) is 2.71. The summed E-state index contributed by atoms with van der Waals surface area (Å²) in [5.41, 5.74) is 2.17. The van der Waals surface area contributed by atoms with Crippen molar-refractivity contribution < 1.29 is 0 Å². The van der Waals surface area contributed by atoms with Crippen LogP contribution in [0.15, 0.2) is 16.8 Å². The lowest BCUT2D eigenvalue weighted by molar-refractivity contribution is 0.685. The minimum atomic E-state index is 0.739. The average Bonchev–Trinajstić information content (AvgIpc) is 2.81. The molecule has 3 rings (SSSR count). The van der Waals surface area contributed by atoms with Crippen LogP contribution < -0.4 is 5.32 Å². The number of thiophene rings is 1. The molecule has 2 aromatic rings. The van der Waals surface area contributed by atoms with Crippen molar-refractivity contribution in [3.8, 4) is 11.3 Å². The summed E-state index contributed by atoms with van der Waals surface area (Å²) in [5, 5.41) is 8.77. The Morgan fingerprint density at radius 2 is 2.25 bits per heavy atom. The molecular formula is C11H11ClN2S2. The topological polar surface area (TPSA) is 24.9 Å². The SMILES string of the molecule is Clc1cc(-c2csc(CNC3CC3)n2)cs1. The maximum atomic E-state index is 5.91. The molecule has 2 heterocycles. The van der Waals surface area contributed by atoms with Crippen LogP contribution in [-0.4, -0.2) is 11.0 Å². The Bertz CT molecular complexity index is 488. The van der Waals surface area contributed by atoms with Crippen molar-refractivity contribution in [2.24, 2.45) is 0 Å². The maximum absolute atomic E-state index is 5.91. The lowest BCUT2D eigenvalue weighted by Crippen LogP contribution is -2.14. The van der Waals surface area contributed by atoms with Gasteiger partial charge in [0.25, 0.3) is 0 Å². The minimum absolute atomic E-state index is 0.739. The van der Waals surface area contributed by atoms with E-state index in [1.165, 1.54) is 12.8 Å². The molecule has 84 valence electrons. The second-order valence-corrected chi connectivity index (χ2v) is 6.41. The second-order valence-electron chi connectivity index (χ2n) is 3.92. The summed E-state index contributed by atoms with van der Waals surface area (Å²) in [5.74, 6) is 0. The molecule has 2 aromatic heterocycles. The molecule has 2 nitrogen and oxygen atoms in total. The molecule has 1 aliphatic carbocycles. The molecular weight excluding hydrogens is 260 g/mol. The number of rotatable bonds is 4. The fraction of sp³-hybridized carbons (Fsp3) is 0.364. The Hall–Kier alpha value is -0.420. The fourth-order valence-corrected chi connectivity index (χ4v) is 3.12. The summed E-state index contributed by atoms with van der Waals surface area (Å²) >= 11 is 9.17. The lowest BCUT2D eigenvalue weighted by atomic mass is 10.3. The molecule has 16 heavy (non-hydrogen) atoms. The molecule has 0 aliphatic heterocycles. The van der Waals surface area contributed by atoms with Crippen LogP contribution in [0.2, 0.25) is 4.34 Å². The van der Waals surface area contributed by atoms with Crippen molar-refractivity contribution in [2.75, 3.05) is 0 Å². The van der Waals surface area contributed by atoms with E-state index in [-0.39, 0.29) is 0 Å². The van der Waals surface area contributed by atoms with Gasteiger partial charge in [0.1, 0.15) is 5.01 Å². The van der Waals surface area contributed by atoms with Gasteiger partial charge in [0, 0.05) is 28.9 Å². The number of aromatic nitrogens is 1. The molecule has 1 aliphatic rings. The second kappa shape index (κ2) is 4.45. The van der Waals surface area contributed by atoms with Crippen LogP contribution in [0.3, 0.4) is 0 Å². The quantitative estimate of drug-likeness (QED) is 0.915. The standard InChI is InChI=1S/C11H11ClN2S2/c12-10-3-7(5-15-10)9-6-16-11(14-9)4-13-8-1-2-8/h3,5-6,8,13H,1-2,4H2. The first-order valence-corrected chi connectivity index (χ1v) is 7.37. The van der Waals surface area contributed by atoms with Crippen LogP contribution in [0.4, 0.5) is 0 Å². The number of hydrogen-bond donors (Lipinski definition) is 1. The van der Waals surface area contributed by atoms with Gasteiger partial charge < -0.3 is 5.32 Å². The molecule has 0 atom stereocenters. The molecule has 0 unspecified atom stereocenters. The van der Waals surface area contributed by atoms with E-state index in [0.717, 1.165) is 33.2 Å². The van der Waals surface area contributed by atoms with Gasteiger partial charge in [-0.25, -0.2) is 4.98 Å². The highest BCUT2D eigenvalue weighted by Gasteiger charge is 2.20. The zero-order valence-electron chi connectivity index (χ0n) is 8.57. The predicted octanol–water partition coefficient (Wildman–Crippen LogP) is 3.78. The number of thiazole rings is 1. The molecule has 0 amide bonds. The van der Waals surface area contributed by atoms with Gasteiger partial charge in [-0.2, -0.15) is 0 Å². The molecule has 0 spiro atoms. The Kier molecular flexibility index (Phi) is 2.98. The minimum Gasteiger partial charge on any atom is -0.308 e. The molecule has 1 saturated carbocycles. The first-order valence-electron chi connectivity index (χ1n) is 5.23. The molecule has 1 fully saturated rings. The predicted molar refractivity (Wildman–Crippen MR) is 70.3 cm³/mol. The molecule has 0 aromatic carbocycles. The van der Waals surface area contributed by atoms with Crippen molar-refractivity contribution in [3.63, 3.8) is 0 Å². The van der Waals surface area contributed by atoms with Crippen LogP contribution in [0.25, 0.3) is 11.3 Å². The average molecular weight is 271 g/mol. The van der Waals surface area contributed by atoms with Crippen molar-refractivity contribution in [2.45, 2.75) is 25.4 Å². The zero-order chi connectivity index (χ0) is 11.0. The maximum Gasteiger partial charge on any atom is 0.107 e. The smallest absolute Gasteiger partial charge is 0.107 e. The number of nitrogens with zero attached hydrogens (tertiary/aromatic N) is 1. The van der Waals surface area contributed by atoms with Crippen LogP contribution in [0.1, 0.15) is 17.8 Å². The monoisotopic (exact) mass is 270 g/mol. The first-order chi connectivity index (χ1) is 7.81. The normalized spacial score (nSPS) is 15.6. The van der Waals surface area contributed by atoms with E-state index in [1.807, 2.05) is 6.07 Å². The van der Waals surface area contributed by atoms with Gasteiger partial charge in [-0.15, -0.1) is 22.7 Å². The summed E-state index contributed by atoms with van der Waals surface area (Å²) in [6.45, 7) is 0.896. The van der Waals surface area contributed by atoms with Gasteiger partial charge in [-0.1, -0.05) is 11.6 Å². The van der Waals surface area contributed by atoms with Gasteiger partial charge in [-0.05, 0) is 18.9 Å². The highest BCUT2D eigenvalue weighted by Crippen LogP contribution is 2.29. The van der Waals surface area contributed by atoms with E-state index in [0.29, 0.717) is 0 Å². The third-order valence-electron chi connectivity index (χ3n) is 2.53. The lowest BCUT2D eigenvalue weighted by Gasteiger charge is -1.96. The van der Waals surface area contributed by atoms with Gasteiger partial charge in [0.2, 0.25) is 0 Å². The van der Waals surface area contributed by atoms with Crippen molar-refractivity contribution in [1.82, 2.24) is 10.3 Å². The van der Waals surface area contributed by atoms with Gasteiger partial charge in [0.05, 0.1) is 10.0 Å². The molecule has 0 saturated heterocycles. The highest BCUT2D eigenvalue weighted by atomic mass is 35.5. The largest absolute Gasteiger partial charge is 0.308 e. The van der Waals surface area contributed by atoms with Crippen LogP contribution >= 0.6 is 34.3 Å². The van der Waals surface area contributed by atoms with Crippen molar-refractivity contribution >= 4 is 34.3 Å². The van der Waals surface area contributed by atoms with Crippen LogP contribution in [-0.2, 0) is 6.54 Å². The summed E-state index contributed by atoms with van der Waals surface area (Å²) in [7, 11) is 0. The molecule has 0 bridgehead atoms. The summed E-state index contributed by atoms with van der Waals surface area (Å²) in [4.78, 5) is 4.60. The van der Waals surface area contributed by atoms with E-state index < -0.39 is 0 Å². The van der Waals surface area contributed by atoms with E-state index in [2.05, 4.69) is 21.1 Å². The third-order valence-corrected chi connectivity index (χ3v) is 4.47. The number of nitrogens with one attached hydrogen (secondary N) is 1. The van der Waals surface area contributed by atoms with Gasteiger partial charge in [-0.3, -0.25) is 0 Å². The zero-order valence-corrected chi connectivity index (χ0v) is 11.0. The van der Waals surface area contributed by atoms with Gasteiger partial charge >= 0.3 is 0 Å². The Morgan fingerprint density at radius 1 is 1.38 bits per heavy atom. The molecule has 0 radical (unpaired) electrons. The Labute approximate surface area is 107 Å². The van der Waals surface area contributed by atoms with E-state index in [1.54, 1.807) is 22.7 Å². The number of halogens is 1. The third kappa shape index (κ3) is 2.46. The molecule has 5 heteroatoms. The highest BCUT2D eigenvalue weighted by molar-refractivity contribution is 7.14. The van der Waals surface area contributed by atoms with Gasteiger partial charge in [0.15, 0.2) is 0 Å². The molecule has 1 N–H and O–H groups in total. The van der Waals surface area contributed by atoms with Crippen molar-refractivity contribution in [3.05, 3.63) is 26.2 Å². The van der Waals surface area contributed by atoms with Crippen LogP contribution in [0, 0.1) is 0 Å². The summed E-state index contributed by atoms with van der Waals surface area (Å²) in [6.07, 6.45) is 2.64. The summed E-state index contributed by atoms with van der Waals surface area (Å²) < 4.78 is 0.820. The van der Waals surface area contributed by atoms with E-state index in [9.17, 15) is 0 Å². The Morgan fingerprint density at radius 3 is 2.94 bits per heavy atom. The fourth-order valence-electron chi connectivity index (χ4n) is 1.49.